The van der Waals surface area contributed by atoms with Crippen LogP contribution in [0.3, 0.4) is 0 Å². The van der Waals surface area contributed by atoms with Gasteiger partial charge in [-0.2, -0.15) is 5.26 Å². The Bertz CT molecular complexity index is 1130. The van der Waals surface area contributed by atoms with E-state index in [1.807, 2.05) is 53.2 Å². The molecule has 6 heteroatoms. The molecule has 0 aliphatic carbocycles. The van der Waals surface area contributed by atoms with Gasteiger partial charge in [0, 0.05) is 29.7 Å². The molecule has 0 amide bonds. The first-order chi connectivity index (χ1) is 13.3. The SMILES string of the molecule is COc1cc(C#N)ccc1-c1cnc2nc(COc3ccccc3)cn2c1. The van der Waals surface area contributed by atoms with Gasteiger partial charge in [-0.1, -0.05) is 18.2 Å². The first-order valence-electron chi connectivity index (χ1n) is 8.37. The second kappa shape index (κ2) is 7.18. The summed E-state index contributed by atoms with van der Waals surface area (Å²) in [6.45, 7) is 0.364. The molecule has 0 N–H and O–H groups in total. The molecule has 0 unspecified atom stereocenters. The number of fused-ring (bicyclic) bond motifs is 1. The van der Waals surface area contributed by atoms with E-state index in [4.69, 9.17) is 14.7 Å². The van der Waals surface area contributed by atoms with Gasteiger partial charge in [0.1, 0.15) is 18.1 Å². The number of rotatable bonds is 5. The smallest absolute Gasteiger partial charge is 0.234 e. The van der Waals surface area contributed by atoms with E-state index in [0.717, 1.165) is 22.6 Å². The summed E-state index contributed by atoms with van der Waals surface area (Å²) < 4.78 is 13.0. The highest BCUT2D eigenvalue weighted by Crippen LogP contribution is 2.30. The van der Waals surface area contributed by atoms with Gasteiger partial charge in [0.2, 0.25) is 5.78 Å². The summed E-state index contributed by atoms with van der Waals surface area (Å²) >= 11 is 0. The van der Waals surface area contributed by atoms with Crippen LogP contribution in [0.4, 0.5) is 0 Å². The highest BCUT2D eigenvalue weighted by Gasteiger charge is 2.10. The molecule has 0 aliphatic heterocycles. The van der Waals surface area contributed by atoms with Gasteiger partial charge in [-0.15, -0.1) is 0 Å². The Morgan fingerprint density at radius 1 is 1.11 bits per heavy atom. The predicted octanol–water partition coefficient (Wildman–Crippen LogP) is 3.86. The fourth-order valence-corrected chi connectivity index (χ4v) is 2.82. The monoisotopic (exact) mass is 356 g/mol. The van der Waals surface area contributed by atoms with E-state index in [1.54, 1.807) is 25.4 Å². The average Bonchev–Trinajstić information content (AvgIpc) is 3.14. The molecule has 0 spiro atoms. The lowest BCUT2D eigenvalue weighted by atomic mass is 10.1. The molecule has 0 bridgehead atoms. The molecule has 2 heterocycles. The molecule has 0 saturated heterocycles. The maximum Gasteiger partial charge on any atom is 0.234 e. The Morgan fingerprint density at radius 3 is 2.74 bits per heavy atom. The van der Waals surface area contributed by atoms with Crippen molar-refractivity contribution in [3.8, 4) is 28.7 Å². The van der Waals surface area contributed by atoms with Gasteiger partial charge in [-0.3, -0.25) is 4.40 Å². The molecule has 4 rings (SSSR count). The maximum absolute atomic E-state index is 9.05. The van der Waals surface area contributed by atoms with Crippen LogP contribution in [0.25, 0.3) is 16.9 Å². The lowest BCUT2D eigenvalue weighted by Crippen LogP contribution is -1.94. The molecule has 2 aromatic carbocycles. The number of nitriles is 1. The largest absolute Gasteiger partial charge is 0.496 e. The summed E-state index contributed by atoms with van der Waals surface area (Å²) in [5, 5.41) is 9.05. The lowest BCUT2D eigenvalue weighted by Gasteiger charge is -2.08. The van der Waals surface area contributed by atoms with Crippen LogP contribution in [0.5, 0.6) is 11.5 Å². The highest BCUT2D eigenvalue weighted by molar-refractivity contribution is 5.71. The molecule has 6 nitrogen and oxygen atoms in total. The third kappa shape index (κ3) is 3.44. The number of hydrogen-bond acceptors (Lipinski definition) is 5. The summed E-state index contributed by atoms with van der Waals surface area (Å²) in [4.78, 5) is 8.91. The number of ether oxygens (including phenoxy) is 2. The van der Waals surface area contributed by atoms with Crippen molar-refractivity contribution in [3.05, 3.63) is 78.4 Å². The molecule has 0 atom stereocenters. The van der Waals surface area contributed by atoms with Gasteiger partial charge in [-0.05, 0) is 30.3 Å². The topological polar surface area (TPSA) is 72.4 Å². The van der Waals surface area contributed by atoms with Crippen molar-refractivity contribution >= 4 is 5.78 Å². The zero-order valence-electron chi connectivity index (χ0n) is 14.7. The van der Waals surface area contributed by atoms with E-state index >= 15 is 0 Å². The van der Waals surface area contributed by atoms with Gasteiger partial charge >= 0.3 is 0 Å². The molecular weight excluding hydrogens is 340 g/mol. The number of aromatic nitrogens is 3. The summed E-state index contributed by atoms with van der Waals surface area (Å²) in [7, 11) is 1.59. The molecule has 0 fully saturated rings. The van der Waals surface area contributed by atoms with Gasteiger partial charge in [-0.25, -0.2) is 9.97 Å². The Balaban J connectivity index is 1.62. The third-order valence-electron chi connectivity index (χ3n) is 4.13. The predicted molar refractivity (Wildman–Crippen MR) is 100 cm³/mol. The average molecular weight is 356 g/mol. The molecule has 27 heavy (non-hydrogen) atoms. The molecular formula is C21H16N4O2. The second-order valence-electron chi connectivity index (χ2n) is 5.91. The van der Waals surface area contributed by atoms with Crippen molar-refractivity contribution in [1.29, 1.82) is 5.26 Å². The Morgan fingerprint density at radius 2 is 1.96 bits per heavy atom. The molecule has 0 radical (unpaired) electrons. The van der Waals surface area contributed by atoms with Gasteiger partial charge < -0.3 is 9.47 Å². The van der Waals surface area contributed by atoms with Gasteiger partial charge in [0.25, 0.3) is 0 Å². The number of methoxy groups -OCH3 is 1. The van der Waals surface area contributed by atoms with E-state index in [9.17, 15) is 0 Å². The van der Waals surface area contributed by atoms with E-state index in [-0.39, 0.29) is 0 Å². The van der Waals surface area contributed by atoms with Crippen LogP contribution in [0, 0.1) is 11.3 Å². The van der Waals surface area contributed by atoms with Crippen molar-refractivity contribution in [2.45, 2.75) is 6.61 Å². The summed E-state index contributed by atoms with van der Waals surface area (Å²) in [6, 6.07) is 17.1. The van der Waals surface area contributed by atoms with Gasteiger partial charge in [0.15, 0.2) is 0 Å². The van der Waals surface area contributed by atoms with E-state index in [0.29, 0.717) is 23.7 Å². The fraction of sp³-hybridized carbons (Fsp3) is 0.0952. The van der Waals surface area contributed by atoms with Crippen LogP contribution in [-0.4, -0.2) is 21.5 Å². The number of para-hydroxylation sites is 1. The van der Waals surface area contributed by atoms with E-state index in [1.165, 1.54) is 0 Å². The van der Waals surface area contributed by atoms with Crippen LogP contribution in [0.1, 0.15) is 11.3 Å². The molecule has 0 aliphatic rings. The van der Waals surface area contributed by atoms with Crippen molar-refractivity contribution in [2.75, 3.05) is 7.11 Å². The molecule has 2 aromatic heterocycles. The van der Waals surface area contributed by atoms with Crippen molar-refractivity contribution < 1.29 is 9.47 Å². The number of benzene rings is 2. The number of hydrogen-bond donors (Lipinski definition) is 0. The Kier molecular flexibility index (Phi) is 4.42. The first kappa shape index (κ1) is 16.6. The van der Waals surface area contributed by atoms with Gasteiger partial charge in [0.05, 0.1) is 24.4 Å². The Hall–Kier alpha value is -3.85. The molecule has 0 saturated carbocycles. The van der Waals surface area contributed by atoms with Crippen LogP contribution in [0.15, 0.2) is 67.1 Å². The zero-order valence-corrected chi connectivity index (χ0v) is 14.7. The molecule has 132 valence electrons. The van der Waals surface area contributed by atoms with E-state index < -0.39 is 0 Å². The normalized spacial score (nSPS) is 10.5. The maximum atomic E-state index is 9.05. The fourth-order valence-electron chi connectivity index (χ4n) is 2.82. The lowest BCUT2D eigenvalue weighted by molar-refractivity contribution is 0.302. The van der Waals surface area contributed by atoms with Crippen LogP contribution in [-0.2, 0) is 6.61 Å². The standard InChI is InChI=1S/C21H16N4O2/c1-26-20-9-15(10-22)7-8-19(20)16-11-23-21-24-17(13-25(21)12-16)14-27-18-5-3-2-4-6-18/h2-9,11-13H,14H2,1H3. The minimum Gasteiger partial charge on any atom is -0.496 e. The summed E-state index contributed by atoms with van der Waals surface area (Å²) in [5.41, 5.74) is 3.07. The Labute approximate surface area is 156 Å². The van der Waals surface area contributed by atoms with Crippen LogP contribution in [0.2, 0.25) is 0 Å². The minimum atomic E-state index is 0.364. The number of nitrogens with zero attached hydrogens (tertiary/aromatic N) is 4. The van der Waals surface area contributed by atoms with Crippen molar-refractivity contribution in [1.82, 2.24) is 14.4 Å². The second-order valence-corrected chi connectivity index (χ2v) is 5.91. The molecule has 4 aromatic rings. The minimum absolute atomic E-state index is 0.364. The number of imidazole rings is 1. The van der Waals surface area contributed by atoms with Crippen LogP contribution >= 0.6 is 0 Å². The zero-order chi connectivity index (χ0) is 18.6. The highest BCUT2D eigenvalue weighted by atomic mass is 16.5. The van der Waals surface area contributed by atoms with Crippen molar-refractivity contribution in [2.24, 2.45) is 0 Å². The van der Waals surface area contributed by atoms with Crippen molar-refractivity contribution in [3.63, 3.8) is 0 Å². The third-order valence-corrected chi connectivity index (χ3v) is 4.13. The van der Waals surface area contributed by atoms with E-state index in [2.05, 4.69) is 16.0 Å². The quantitative estimate of drug-likeness (QED) is 0.543. The first-order valence-corrected chi connectivity index (χ1v) is 8.37. The summed E-state index contributed by atoms with van der Waals surface area (Å²) in [6.07, 6.45) is 5.57. The summed E-state index contributed by atoms with van der Waals surface area (Å²) in [5.74, 6) is 2.02. The van der Waals surface area contributed by atoms with Crippen LogP contribution < -0.4 is 9.47 Å².